The zero-order chi connectivity index (χ0) is 13.9. The Hall–Kier alpha value is -0.910. The molecule has 0 bridgehead atoms. The highest BCUT2D eigenvalue weighted by molar-refractivity contribution is 7.09. The first-order valence-electron chi connectivity index (χ1n) is 7.44. The molecule has 1 amide bonds. The summed E-state index contributed by atoms with van der Waals surface area (Å²) in [5.41, 5.74) is 0. The number of likely N-dealkylation sites (tertiary alicyclic amines) is 1. The van der Waals surface area contributed by atoms with Crippen molar-refractivity contribution in [1.82, 2.24) is 15.1 Å². The molecule has 3 rings (SSSR count). The first kappa shape index (κ1) is 14.0. The van der Waals surface area contributed by atoms with Gasteiger partial charge in [0.1, 0.15) is 0 Å². The Labute approximate surface area is 124 Å². The monoisotopic (exact) mass is 293 g/mol. The minimum Gasteiger partial charge on any atom is -0.340 e. The molecule has 1 aromatic rings. The first-order chi connectivity index (χ1) is 9.72. The lowest BCUT2D eigenvalue weighted by atomic mass is 9.94. The molecule has 1 N–H and O–H groups in total. The first-order valence-corrected chi connectivity index (χ1v) is 8.32. The standard InChI is InChI=1S/C15H23N3OS/c1-17(9-13-5-3-7-20-13)15(19)11-18-8-12-4-2-6-16-14(12)10-18/h3,5,7,12,14,16H,2,4,6,8-11H2,1H3/t12-,14+/m0/s1. The van der Waals surface area contributed by atoms with E-state index < -0.39 is 0 Å². The van der Waals surface area contributed by atoms with Crippen molar-refractivity contribution in [3.8, 4) is 0 Å². The van der Waals surface area contributed by atoms with Crippen molar-refractivity contribution in [3.05, 3.63) is 22.4 Å². The predicted molar refractivity (Wildman–Crippen MR) is 81.7 cm³/mol. The van der Waals surface area contributed by atoms with Crippen LogP contribution in [-0.4, -0.2) is 55.0 Å². The van der Waals surface area contributed by atoms with Gasteiger partial charge in [0.2, 0.25) is 5.91 Å². The Morgan fingerprint density at radius 1 is 1.55 bits per heavy atom. The van der Waals surface area contributed by atoms with Crippen LogP contribution in [0.15, 0.2) is 17.5 Å². The predicted octanol–water partition coefficient (Wildman–Crippen LogP) is 1.39. The van der Waals surface area contributed by atoms with Crippen LogP contribution in [0, 0.1) is 5.92 Å². The molecule has 0 aliphatic carbocycles. The molecule has 5 heteroatoms. The summed E-state index contributed by atoms with van der Waals surface area (Å²) in [5.74, 6) is 0.983. The Balaban J connectivity index is 1.49. The van der Waals surface area contributed by atoms with Gasteiger partial charge in [-0.3, -0.25) is 9.69 Å². The van der Waals surface area contributed by atoms with Gasteiger partial charge in [-0.25, -0.2) is 0 Å². The number of piperidine rings is 1. The van der Waals surface area contributed by atoms with E-state index in [1.807, 2.05) is 18.0 Å². The Morgan fingerprint density at radius 2 is 2.45 bits per heavy atom. The van der Waals surface area contributed by atoms with Crippen LogP contribution in [-0.2, 0) is 11.3 Å². The third-order valence-electron chi connectivity index (χ3n) is 4.43. The molecule has 0 saturated carbocycles. The molecule has 2 atom stereocenters. The maximum Gasteiger partial charge on any atom is 0.236 e. The summed E-state index contributed by atoms with van der Waals surface area (Å²) in [6.07, 6.45) is 2.59. The molecule has 3 heterocycles. The van der Waals surface area contributed by atoms with E-state index in [1.54, 1.807) is 11.3 Å². The maximum absolute atomic E-state index is 12.3. The molecule has 2 fully saturated rings. The van der Waals surface area contributed by atoms with Crippen LogP contribution >= 0.6 is 11.3 Å². The third-order valence-corrected chi connectivity index (χ3v) is 5.29. The van der Waals surface area contributed by atoms with Crippen molar-refractivity contribution in [2.75, 3.05) is 33.2 Å². The van der Waals surface area contributed by atoms with E-state index in [0.29, 0.717) is 12.6 Å². The van der Waals surface area contributed by atoms with E-state index in [1.165, 1.54) is 17.7 Å². The van der Waals surface area contributed by atoms with Gasteiger partial charge in [-0.05, 0) is 36.8 Å². The normalized spacial score (nSPS) is 26.4. The fourth-order valence-corrected chi connectivity index (χ4v) is 4.06. The summed E-state index contributed by atoms with van der Waals surface area (Å²) >= 11 is 1.71. The number of rotatable bonds is 4. The Bertz CT molecular complexity index is 434. The molecule has 1 aromatic heterocycles. The van der Waals surface area contributed by atoms with Gasteiger partial charge in [0.15, 0.2) is 0 Å². The number of nitrogens with zero attached hydrogens (tertiary/aromatic N) is 2. The molecular weight excluding hydrogens is 270 g/mol. The van der Waals surface area contributed by atoms with Crippen LogP contribution in [0.2, 0.25) is 0 Å². The van der Waals surface area contributed by atoms with E-state index >= 15 is 0 Å². The zero-order valence-corrected chi connectivity index (χ0v) is 12.9. The number of carbonyl (C=O) groups excluding carboxylic acids is 1. The van der Waals surface area contributed by atoms with Crippen molar-refractivity contribution in [2.45, 2.75) is 25.4 Å². The summed E-state index contributed by atoms with van der Waals surface area (Å²) in [5, 5.41) is 5.64. The average Bonchev–Trinajstić information content (AvgIpc) is 3.06. The Kier molecular flexibility index (Phi) is 4.38. The molecule has 2 saturated heterocycles. The molecule has 2 aliphatic rings. The highest BCUT2D eigenvalue weighted by Crippen LogP contribution is 2.24. The molecule has 0 aromatic carbocycles. The van der Waals surface area contributed by atoms with Crippen molar-refractivity contribution in [3.63, 3.8) is 0 Å². The van der Waals surface area contributed by atoms with Crippen molar-refractivity contribution in [1.29, 1.82) is 0 Å². The fourth-order valence-electron chi connectivity index (χ4n) is 3.30. The van der Waals surface area contributed by atoms with Gasteiger partial charge in [-0.1, -0.05) is 6.07 Å². The van der Waals surface area contributed by atoms with E-state index in [0.717, 1.165) is 32.1 Å². The van der Waals surface area contributed by atoms with Gasteiger partial charge in [0, 0.05) is 31.1 Å². The summed E-state index contributed by atoms with van der Waals surface area (Å²) in [6, 6.07) is 4.73. The van der Waals surface area contributed by atoms with Crippen LogP contribution in [0.1, 0.15) is 17.7 Å². The van der Waals surface area contributed by atoms with Crippen LogP contribution < -0.4 is 5.32 Å². The van der Waals surface area contributed by atoms with E-state index in [9.17, 15) is 4.79 Å². The molecular formula is C15H23N3OS. The third kappa shape index (κ3) is 3.22. The van der Waals surface area contributed by atoms with Crippen LogP contribution in [0.5, 0.6) is 0 Å². The smallest absolute Gasteiger partial charge is 0.236 e. The van der Waals surface area contributed by atoms with Crippen LogP contribution in [0.25, 0.3) is 0 Å². The van der Waals surface area contributed by atoms with Crippen molar-refractivity contribution < 1.29 is 4.79 Å². The second-order valence-electron chi connectivity index (χ2n) is 5.99. The lowest BCUT2D eigenvalue weighted by Crippen LogP contribution is -2.41. The molecule has 4 nitrogen and oxygen atoms in total. The number of hydrogen-bond donors (Lipinski definition) is 1. The maximum atomic E-state index is 12.3. The Morgan fingerprint density at radius 3 is 3.20 bits per heavy atom. The molecule has 0 unspecified atom stereocenters. The number of thiophene rings is 1. The van der Waals surface area contributed by atoms with E-state index in [4.69, 9.17) is 0 Å². The van der Waals surface area contributed by atoms with Gasteiger partial charge in [0.25, 0.3) is 0 Å². The lowest BCUT2D eigenvalue weighted by molar-refractivity contribution is -0.131. The summed E-state index contributed by atoms with van der Waals surface area (Å²) in [4.78, 5) is 17.7. The fraction of sp³-hybridized carbons (Fsp3) is 0.667. The van der Waals surface area contributed by atoms with Crippen molar-refractivity contribution >= 4 is 17.2 Å². The topological polar surface area (TPSA) is 35.6 Å². The average molecular weight is 293 g/mol. The number of likely N-dealkylation sites (N-methyl/N-ethyl adjacent to an activating group) is 1. The number of nitrogens with one attached hydrogen (secondary N) is 1. The molecule has 110 valence electrons. The minimum absolute atomic E-state index is 0.233. The van der Waals surface area contributed by atoms with Gasteiger partial charge in [0.05, 0.1) is 13.1 Å². The van der Waals surface area contributed by atoms with Crippen LogP contribution in [0.3, 0.4) is 0 Å². The lowest BCUT2D eigenvalue weighted by Gasteiger charge is -2.24. The minimum atomic E-state index is 0.233. The quantitative estimate of drug-likeness (QED) is 0.911. The second kappa shape index (κ2) is 6.24. The van der Waals surface area contributed by atoms with Gasteiger partial charge < -0.3 is 10.2 Å². The number of carbonyl (C=O) groups is 1. The number of hydrogen-bond acceptors (Lipinski definition) is 4. The highest BCUT2D eigenvalue weighted by Gasteiger charge is 2.35. The van der Waals surface area contributed by atoms with Gasteiger partial charge >= 0.3 is 0 Å². The van der Waals surface area contributed by atoms with Gasteiger partial charge in [-0.15, -0.1) is 11.3 Å². The van der Waals surface area contributed by atoms with E-state index in [2.05, 4.69) is 21.7 Å². The summed E-state index contributed by atoms with van der Waals surface area (Å²) in [7, 11) is 1.91. The van der Waals surface area contributed by atoms with Crippen molar-refractivity contribution in [2.24, 2.45) is 5.92 Å². The summed E-state index contributed by atoms with van der Waals surface area (Å²) < 4.78 is 0. The SMILES string of the molecule is CN(Cc1cccs1)C(=O)CN1C[C@@H]2CCCN[C@@H]2C1. The second-order valence-corrected chi connectivity index (χ2v) is 7.02. The summed E-state index contributed by atoms with van der Waals surface area (Å²) in [6.45, 7) is 4.55. The van der Waals surface area contributed by atoms with Crippen LogP contribution in [0.4, 0.5) is 0 Å². The highest BCUT2D eigenvalue weighted by atomic mass is 32.1. The number of amides is 1. The largest absolute Gasteiger partial charge is 0.340 e. The molecule has 2 aliphatic heterocycles. The molecule has 0 spiro atoms. The molecule has 20 heavy (non-hydrogen) atoms. The zero-order valence-electron chi connectivity index (χ0n) is 12.0. The van der Waals surface area contributed by atoms with E-state index in [-0.39, 0.29) is 5.91 Å². The number of fused-ring (bicyclic) bond motifs is 1. The molecule has 0 radical (unpaired) electrons. The van der Waals surface area contributed by atoms with Gasteiger partial charge in [-0.2, -0.15) is 0 Å².